The summed E-state index contributed by atoms with van der Waals surface area (Å²) >= 11 is 0. The topological polar surface area (TPSA) is 86.9 Å². The van der Waals surface area contributed by atoms with Gasteiger partial charge in [-0.15, -0.1) is 0 Å². The van der Waals surface area contributed by atoms with E-state index in [2.05, 4.69) is 10.6 Å². The van der Waals surface area contributed by atoms with Crippen LogP contribution in [-0.4, -0.2) is 22.9 Å². The first-order valence-corrected chi connectivity index (χ1v) is 8.28. The normalized spacial score (nSPS) is 11.0. The fourth-order valence-corrected chi connectivity index (χ4v) is 2.44. The molecule has 8 heteroatoms. The van der Waals surface area contributed by atoms with Crippen molar-refractivity contribution in [1.82, 2.24) is 9.88 Å². The minimum Gasteiger partial charge on any atom is -0.351 e. The van der Waals surface area contributed by atoms with E-state index in [-0.39, 0.29) is 30.0 Å². The Labute approximate surface area is 155 Å². The third-order valence-electron chi connectivity index (χ3n) is 3.75. The Hall–Kier alpha value is -3.21. The standard InChI is InChI=1S/C19H20F2N4O2/c1-19(2,3)25-11-12(10-22)8-16(25)24-17(26)6-7-23-18(27)14-5-4-13(20)9-15(14)21/h4-5,8-9,11H,6-7H2,1-3H3,(H,23,27)(H,24,26). The van der Waals surface area contributed by atoms with Gasteiger partial charge >= 0.3 is 0 Å². The van der Waals surface area contributed by atoms with Gasteiger partial charge in [0, 0.05) is 30.8 Å². The van der Waals surface area contributed by atoms with E-state index in [0.29, 0.717) is 17.4 Å². The maximum absolute atomic E-state index is 13.6. The third-order valence-corrected chi connectivity index (χ3v) is 3.75. The van der Waals surface area contributed by atoms with Crippen molar-refractivity contribution in [2.75, 3.05) is 11.9 Å². The Morgan fingerprint density at radius 3 is 2.52 bits per heavy atom. The van der Waals surface area contributed by atoms with Gasteiger partial charge in [0.1, 0.15) is 23.5 Å². The molecular weight excluding hydrogens is 354 g/mol. The molecule has 0 unspecified atom stereocenters. The molecule has 0 radical (unpaired) electrons. The predicted octanol–water partition coefficient (Wildman–Crippen LogP) is 3.15. The summed E-state index contributed by atoms with van der Waals surface area (Å²) in [6, 6.07) is 6.24. The van der Waals surface area contributed by atoms with E-state index < -0.39 is 17.5 Å². The molecule has 0 saturated carbocycles. The third kappa shape index (κ3) is 5.14. The van der Waals surface area contributed by atoms with Crippen molar-refractivity contribution in [3.8, 4) is 6.07 Å². The molecule has 0 aliphatic rings. The molecular formula is C19H20F2N4O2. The van der Waals surface area contributed by atoms with E-state index in [1.165, 1.54) is 0 Å². The highest BCUT2D eigenvalue weighted by Crippen LogP contribution is 2.24. The zero-order chi connectivity index (χ0) is 20.2. The molecule has 2 N–H and O–H groups in total. The molecule has 0 bridgehead atoms. The molecule has 0 spiro atoms. The van der Waals surface area contributed by atoms with Crippen LogP contribution in [0, 0.1) is 23.0 Å². The maximum Gasteiger partial charge on any atom is 0.254 e. The average Bonchev–Trinajstić information content (AvgIpc) is 2.97. The number of nitrogens with zero attached hydrogens (tertiary/aromatic N) is 2. The van der Waals surface area contributed by atoms with E-state index in [4.69, 9.17) is 5.26 Å². The summed E-state index contributed by atoms with van der Waals surface area (Å²) in [5.41, 5.74) is -0.219. The van der Waals surface area contributed by atoms with Gasteiger partial charge < -0.3 is 15.2 Å². The molecule has 0 aliphatic heterocycles. The van der Waals surface area contributed by atoms with E-state index in [9.17, 15) is 18.4 Å². The summed E-state index contributed by atoms with van der Waals surface area (Å²) in [4.78, 5) is 24.0. The van der Waals surface area contributed by atoms with E-state index in [0.717, 1.165) is 12.1 Å². The molecule has 0 fully saturated rings. The Morgan fingerprint density at radius 1 is 1.22 bits per heavy atom. The van der Waals surface area contributed by atoms with Crippen molar-refractivity contribution in [3.05, 3.63) is 53.2 Å². The van der Waals surface area contributed by atoms with Crippen LogP contribution >= 0.6 is 0 Å². The van der Waals surface area contributed by atoms with Gasteiger partial charge in [0.15, 0.2) is 0 Å². The molecule has 0 aliphatic carbocycles. The first-order valence-electron chi connectivity index (χ1n) is 8.28. The summed E-state index contributed by atoms with van der Waals surface area (Å²) in [5, 5.41) is 14.2. The number of carbonyl (C=O) groups excluding carboxylic acids is 2. The van der Waals surface area contributed by atoms with Crippen LogP contribution < -0.4 is 10.6 Å². The molecule has 2 aromatic rings. The molecule has 0 atom stereocenters. The highest BCUT2D eigenvalue weighted by Gasteiger charge is 2.19. The number of hydrogen-bond donors (Lipinski definition) is 2. The maximum atomic E-state index is 13.6. The molecule has 0 saturated heterocycles. The number of benzene rings is 1. The highest BCUT2D eigenvalue weighted by molar-refractivity contribution is 5.95. The van der Waals surface area contributed by atoms with Crippen LogP contribution in [0.15, 0.2) is 30.5 Å². The number of carbonyl (C=O) groups is 2. The number of rotatable bonds is 5. The summed E-state index contributed by atoms with van der Waals surface area (Å²) in [5.74, 6) is -2.38. The van der Waals surface area contributed by atoms with Crippen LogP contribution in [0.4, 0.5) is 14.6 Å². The van der Waals surface area contributed by atoms with Crippen molar-refractivity contribution in [1.29, 1.82) is 5.26 Å². The Bertz CT molecular complexity index is 907. The molecule has 1 heterocycles. The van der Waals surface area contributed by atoms with Crippen LogP contribution in [-0.2, 0) is 10.3 Å². The van der Waals surface area contributed by atoms with Crippen molar-refractivity contribution in [3.63, 3.8) is 0 Å². The summed E-state index contributed by atoms with van der Waals surface area (Å²) in [6.07, 6.45) is 1.60. The SMILES string of the molecule is CC(C)(C)n1cc(C#N)cc1NC(=O)CCNC(=O)c1ccc(F)cc1F. The molecule has 1 aromatic carbocycles. The quantitative estimate of drug-likeness (QED) is 0.843. The Kier molecular flexibility index (Phi) is 5.95. The van der Waals surface area contributed by atoms with Crippen LogP contribution in [0.1, 0.15) is 43.1 Å². The summed E-state index contributed by atoms with van der Waals surface area (Å²) in [7, 11) is 0. The lowest BCUT2D eigenvalue weighted by Crippen LogP contribution is -2.29. The smallest absolute Gasteiger partial charge is 0.254 e. The predicted molar refractivity (Wildman–Crippen MR) is 96.1 cm³/mol. The molecule has 2 amide bonds. The van der Waals surface area contributed by atoms with Crippen molar-refractivity contribution in [2.24, 2.45) is 0 Å². The molecule has 1 aromatic heterocycles. The van der Waals surface area contributed by atoms with Crippen molar-refractivity contribution >= 4 is 17.6 Å². The monoisotopic (exact) mass is 374 g/mol. The number of aromatic nitrogens is 1. The van der Waals surface area contributed by atoms with Gasteiger partial charge in [-0.25, -0.2) is 8.78 Å². The van der Waals surface area contributed by atoms with Gasteiger partial charge in [0.2, 0.25) is 5.91 Å². The number of nitrogens with one attached hydrogen (secondary N) is 2. The molecule has 142 valence electrons. The Morgan fingerprint density at radius 2 is 1.93 bits per heavy atom. The fourth-order valence-electron chi connectivity index (χ4n) is 2.44. The average molecular weight is 374 g/mol. The summed E-state index contributed by atoms with van der Waals surface area (Å²) < 4.78 is 28.2. The minimum absolute atomic E-state index is 0.0250. The Balaban J connectivity index is 1.94. The second-order valence-corrected chi connectivity index (χ2v) is 6.94. The first-order chi connectivity index (χ1) is 12.6. The molecule has 27 heavy (non-hydrogen) atoms. The zero-order valence-electron chi connectivity index (χ0n) is 15.3. The number of anilines is 1. The lowest BCUT2D eigenvalue weighted by atomic mass is 10.1. The number of nitriles is 1. The van der Waals surface area contributed by atoms with Gasteiger partial charge in [0.05, 0.1) is 11.1 Å². The minimum atomic E-state index is -0.969. The highest BCUT2D eigenvalue weighted by atomic mass is 19.1. The first kappa shape index (κ1) is 20.1. The number of halogens is 2. The van der Waals surface area contributed by atoms with Gasteiger partial charge in [0.25, 0.3) is 5.91 Å². The number of hydrogen-bond acceptors (Lipinski definition) is 3. The lowest BCUT2D eigenvalue weighted by Gasteiger charge is -2.24. The molecule has 6 nitrogen and oxygen atoms in total. The molecule has 2 rings (SSSR count). The second-order valence-electron chi connectivity index (χ2n) is 6.94. The zero-order valence-corrected chi connectivity index (χ0v) is 15.3. The van der Waals surface area contributed by atoms with Gasteiger partial charge in [-0.3, -0.25) is 9.59 Å². The largest absolute Gasteiger partial charge is 0.351 e. The van der Waals surface area contributed by atoms with Crippen molar-refractivity contribution in [2.45, 2.75) is 32.7 Å². The van der Waals surface area contributed by atoms with Gasteiger partial charge in [-0.1, -0.05) is 0 Å². The van der Waals surface area contributed by atoms with Crippen molar-refractivity contribution < 1.29 is 18.4 Å². The van der Waals surface area contributed by atoms with Gasteiger partial charge in [-0.05, 0) is 39.0 Å². The number of amides is 2. The van der Waals surface area contributed by atoms with Crippen LogP contribution in [0.2, 0.25) is 0 Å². The lowest BCUT2D eigenvalue weighted by molar-refractivity contribution is -0.116. The summed E-state index contributed by atoms with van der Waals surface area (Å²) in [6.45, 7) is 5.77. The van der Waals surface area contributed by atoms with E-state index in [1.807, 2.05) is 26.8 Å². The van der Waals surface area contributed by atoms with Crippen LogP contribution in [0.25, 0.3) is 0 Å². The second kappa shape index (κ2) is 7.99. The van der Waals surface area contributed by atoms with Crippen LogP contribution in [0.5, 0.6) is 0 Å². The van der Waals surface area contributed by atoms with Crippen LogP contribution in [0.3, 0.4) is 0 Å². The van der Waals surface area contributed by atoms with E-state index >= 15 is 0 Å². The fraction of sp³-hybridized carbons (Fsp3) is 0.316. The van der Waals surface area contributed by atoms with Gasteiger partial charge in [-0.2, -0.15) is 5.26 Å². The van der Waals surface area contributed by atoms with E-state index in [1.54, 1.807) is 16.8 Å².